The Morgan fingerprint density at radius 3 is 2.23 bits per heavy atom. The highest BCUT2D eigenvalue weighted by Crippen LogP contribution is 2.30. The maximum atomic E-state index is 12.7. The fraction of sp³-hybridized carbons (Fsp3) is 0.278. The number of pyridine rings is 1. The number of fused-ring (bicyclic) bond motifs is 1. The van der Waals surface area contributed by atoms with Crippen LogP contribution in [0.2, 0.25) is 0 Å². The predicted molar refractivity (Wildman–Crippen MR) is 93.2 cm³/mol. The predicted octanol–water partition coefficient (Wildman–Crippen LogP) is 3.37. The smallest absolute Gasteiger partial charge is 0.353 e. The zero-order valence-electron chi connectivity index (χ0n) is 13.8. The average molecular weight is 359 g/mol. The van der Waals surface area contributed by atoms with Gasteiger partial charge in [-0.05, 0) is 24.3 Å². The molecule has 4 rings (SSSR count). The average Bonchev–Trinajstić information content (AvgIpc) is 2.67. The molecule has 0 aliphatic carbocycles. The van der Waals surface area contributed by atoms with Crippen LogP contribution in [0.4, 0.5) is 24.8 Å². The number of para-hydroxylation sites is 1. The number of piperazine rings is 1. The van der Waals surface area contributed by atoms with Gasteiger partial charge in [-0.25, -0.2) is 15.0 Å². The summed E-state index contributed by atoms with van der Waals surface area (Å²) in [5.74, 6) is 1.45. The van der Waals surface area contributed by atoms with Gasteiger partial charge in [0.05, 0.1) is 11.1 Å². The van der Waals surface area contributed by atoms with Gasteiger partial charge in [0, 0.05) is 37.8 Å². The van der Waals surface area contributed by atoms with Crippen molar-refractivity contribution in [1.29, 1.82) is 0 Å². The number of benzene rings is 1. The molecule has 1 aliphatic rings. The van der Waals surface area contributed by atoms with Gasteiger partial charge in [0.15, 0.2) is 0 Å². The number of aromatic nitrogens is 3. The van der Waals surface area contributed by atoms with Crippen molar-refractivity contribution in [2.24, 2.45) is 0 Å². The van der Waals surface area contributed by atoms with Gasteiger partial charge in [0.1, 0.15) is 18.0 Å². The van der Waals surface area contributed by atoms with Crippen LogP contribution in [-0.4, -0.2) is 41.1 Å². The summed E-state index contributed by atoms with van der Waals surface area (Å²) in [6, 6.07) is 10.3. The fourth-order valence-corrected chi connectivity index (χ4v) is 3.13. The maximum absolute atomic E-state index is 12.7. The van der Waals surface area contributed by atoms with E-state index in [9.17, 15) is 13.2 Å². The molecule has 1 fully saturated rings. The molecule has 134 valence electrons. The molecule has 0 amide bonds. The molecular formula is C18H16F3N5. The first kappa shape index (κ1) is 16.6. The molecule has 1 saturated heterocycles. The van der Waals surface area contributed by atoms with E-state index in [0.29, 0.717) is 32.0 Å². The number of halogens is 3. The molecule has 0 saturated carbocycles. The zero-order chi connectivity index (χ0) is 18.1. The largest absolute Gasteiger partial charge is 0.417 e. The van der Waals surface area contributed by atoms with Crippen molar-refractivity contribution in [3.05, 3.63) is 54.5 Å². The summed E-state index contributed by atoms with van der Waals surface area (Å²) >= 11 is 0. The Hall–Kier alpha value is -2.90. The Morgan fingerprint density at radius 1 is 0.808 bits per heavy atom. The Morgan fingerprint density at radius 2 is 1.54 bits per heavy atom. The first-order valence-electron chi connectivity index (χ1n) is 8.25. The standard InChI is InChI=1S/C18H16F3N5/c19-18(20,21)13-5-6-16(22-11-13)25-7-9-26(10-8-25)17-14-3-1-2-4-15(14)23-12-24-17/h1-6,11-12H,7-10H2. The molecule has 0 N–H and O–H groups in total. The van der Waals surface area contributed by atoms with Crippen LogP contribution in [0, 0.1) is 0 Å². The van der Waals surface area contributed by atoms with Crippen LogP contribution in [0.3, 0.4) is 0 Å². The van der Waals surface area contributed by atoms with Crippen LogP contribution in [-0.2, 0) is 6.18 Å². The van der Waals surface area contributed by atoms with Crippen molar-refractivity contribution in [3.63, 3.8) is 0 Å². The third-order valence-corrected chi connectivity index (χ3v) is 4.50. The van der Waals surface area contributed by atoms with Crippen LogP contribution < -0.4 is 9.80 Å². The number of hydrogen-bond acceptors (Lipinski definition) is 5. The van der Waals surface area contributed by atoms with Gasteiger partial charge in [-0.1, -0.05) is 12.1 Å². The maximum Gasteiger partial charge on any atom is 0.417 e. The topological polar surface area (TPSA) is 45.2 Å². The molecule has 0 atom stereocenters. The molecule has 3 heterocycles. The third-order valence-electron chi connectivity index (χ3n) is 4.50. The van der Waals surface area contributed by atoms with E-state index >= 15 is 0 Å². The second-order valence-electron chi connectivity index (χ2n) is 6.09. The fourth-order valence-electron chi connectivity index (χ4n) is 3.13. The number of rotatable bonds is 2. The van der Waals surface area contributed by atoms with Crippen molar-refractivity contribution in [1.82, 2.24) is 15.0 Å². The normalized spacial score (nSPS) is 15.5. The van der Waals surface area contributed by atoms with Crippen molar-refractivity contribution in [3.8, 4) is 0 Å². The van der Waals surface area contributed by atoms with E-state index in [1.165, 1.54) is 6.07 Å². The SMILES string of the molecule is FC(F)(F)c1ccc(N2CCN(c3ncnc4ccccc34)CC2)nc1. The van der Waals surface area contributed by atoms with E-state index in [1.807, 2.05) is 29.2 Å². The van der Waals surface area contributed by atoms with Gasteiger partial charge in [0.25, 0.3) is 0 Å². The van der Waals surface area contributed by atoms with E-state index in [-0.39, 0.29) is 0 Å². The Kier molecular flexibility index (Phi) is 4.10. The molecule has 0 unspecified atom stereocenters. The van der Waals surface area contributed by atoms with E-state index in [2.05, 4.69) is 19.9 Å². The van der Waals surface area contributed by atoms with Crippen LogP contribution >= 0.6 is 0 Å². The first-order valence-corrected chi connectivity index (χ1v) is 8.25. The molecule has 1 aromatic carbocycles. The summed E-state index contributed by atoms with van der Waals surface area (Å²) in [7, 11) is 0. The number of hydrogen-bond donors (Lipinski definition) is 0. The monoisotopic (exact) mass is 359 g/mol. The highest BCUT2D eigenvalue weighted by Gasteiger charge is 2.31. The zero-order valence-corrected chi connectivity index (χ0v) is 13.8. The second-order valence-corrected chi connectivity index (χ2v) is 6.09. The highest BCUT2D eigenvalue weighted by molar-refractivity contribution is 5.89. The lowest BCUT2D eigenvalue weighted by atomic mass is 10.2. The summed E-state index contributed by atoms with van der Waals surface area (Å²) in [6.07, 6.45) is -1.92. The minimum atomic E-state index is -4.36. The van der Waals surface area contributed by atoms with Crippen LogP contribution in [0.25, 0.3) is 10.9 Å². The number of nitrogens with zero attached hydrogens (tertiary/aromatic N) is 5. The summed E-state index contributed by atoms with van der Waals surface area (Å²) < 4.78 is 38.0. The van der Waals surface area contributed by atoms with Gasteiger partial charge in [-0.2, -0.15) is 13.2 Å². The molecule has 1 aliphatic heterocycles. The first-order chi connectivity index (χ1) is 12.5. The molecule has 2 aromatic heterocycles. The summed E-state index contributed by atoms with van der Waals surface area (Å²) in [5.41, 5.74) is 0.164. The minimum Gasteiger partial charge on any atom is -0.353 e. The molecule has 8 heteroatoms. The Balaban J connectivity index is 1.49. The third kappa shape index (κ3) is 3.14. The van der Waals surface area contributed by atoms with Crippen molar-refractivity contribution >= 4 is 22.5 Å². The molecule has 0 bridgehead atoms. The highest BCUT2D eigenvalue weighted by atomic mass is 19.4. The minimum absolute atomic E-state index is 0.560. The molecule has 0 radical (unpaired) electrons. The molecule has 26 heavy (non-hydrogen) atoms. The Labute approximate surface area is 148 Å². The van der Waals surface area contributed by atoms with Crippen molar-refractivity contribution in [2.45, 2.75) is 6.18 Å². The lowest BCUT2D eigenvalue weighted by Crippen LogP contribution is -2.47. The Bertz CT molecular complexity index is 897. The number of alkyl halides is 3. The van der Waals surface area contributed by atoms with Gasteiger partial charge in [-0.3, -0.25) is 0 Å². The van der Waals surface area contributed by atoms with Crippen molar-refractivity contribution in [2.75, 3.05) is 36.0 Å². The van der Waals surface area contributed by atoms with E-state index in [4.69, 9.17) is 0 Å². The van der Waals surface area contributed by atoms with E-state index in [0.717, 1.165) is 29.0 Å². The van der Waals surface area contributed by atoms with E-state index in [1.54, 1.807) is 6.33 Å². The molecular weight excluding hydrogens is 343 g/mol. The molecule has 0 spiro atoms. The molecule has 5 nitrogen and oxygen atoms in total. The lowest BCUT2D eigenvalue weighted by Gasteiger charge is -2.36. The summed E-state index contributed by atoms with van der Waals surface area (Å²) in [5, 5.41) is 0.996. The number of anilines is 2. The second kappa shape index (κ2) is 6.44. The van der Waals surface area contributed by atoms with Gasteiger partial charge >= 0.3 is 6.18 Å². The summed E-state index contributed by atoms with van der Waals surface area (Å²) in [6.45, 7) is 2.75. The van der Waals surface area contributed by atoms with E-state index < -0.39 is 11.7 Å². The van der Waals surface area contributed by atoms with Crippen LogP contribution in [0.15, 0.2) is 48.9 Å². The quantitative estimate of drug-likeness (QED) is 0.702. The molecule has 3 aromatic rings. The van der Waals surface area contributed by atoms with Gasteiger partial charge in [-0.15, -0.1) is 0 Å². The van der Waals surface area contributed by atoms with Gasteiger partial charge in [0.2, 0.25) is 0 Å². The van der Waals surface area contributed by atoms with Gasteiger partial charge < -0.3 is 9.80 Å². The van der Waals surface area contributed by atoms with Crippen molar-refractivity contribution < 1.29 is 13.2 Å². The summed E-state index contributed by atoms with van der Waals surface area (Å²) in [4.78, 5) is 16.8. The lowest BCUT2D eigenvalue weighted by molar-refractivity contribution is -0.137. The van der Waals surface area contributed by atoms with Crippen LogP contribution in [0.5, 0.6) is 0 Å². The van der Waals surface area contributed by atoms with Crippen LogP contribution in [0.1, 0.15) is 5.56 Å².